The summed E-state index contributed by atoms with van der Waals surface area (Å²) in [5.74, 6) is 6.74. The van der Waals surface area contributed by atoms with Crippen molar-refractivity contribution >= 4 is 5.82 Å². The molecule has 0 amide bonds. The van der Waals surface area contributed by atoms with E-state index >= 15 is 0 Å². The zero-order valence-electron chi connectivity index (χ0n) is 10.4. The summed E-state index contributed by atoms with van der Waals surface area (Å²) >= 11 is 0. The van der Waals surface area contributed by atoms with E-state index < -0.39 is 0 Å². The molecule has 6 heteroatoms. The number of hydrogen-bond acceptors (Lipinski definition) is 5. The molecule has 0 aliphatic carbocycles. The van der Waals surface area contributed by atoms with Crippen LogP contribution in [0.5, 0.6) is 0 Å². The fourth-order valence-corrected chi connectivity index (χ4v) is 1.61. The van der Waals surface area contributed by atoms with Crippen LogP contribution in [-0.2, 0) is 7.05 Å². The Morgan fingerprint density at radius 2 is 1.94 bits per heavy atom. The van der Waals surface area contributed by atoms with Gasteiger partial charge in [-0.1, -0.05) is 0 Å². The lowest BCUT2D eigenvalue weighted by molar-refractivity contribution is 0.740. The predicted molar refractivity (Wildman–Crippen MR) is 66.3 cm³/mol. The largest absolute Gasteiger partial charge is 0.308 e. The van der Waals surface area contributed by atoms with Gasteiger partial charge in [0.05, 0.1) is 11.8 Å². The van der Waals surface area contributed by atoms with Gasteiger partial charge in [0.2, 0.25) is 0 Å². The van der Waals surface area contributed by atoms with Crippen molar-refractivity contribution in [1.29, 1.82) is 0 Å². The fraction of sp³-hybridized carbons (Fsp3) is 0.364. The van der Waals surface area contributed by atoms with E-state index in [1.165, 1.54) is 0 Å². The van der Waals surface area contributed by atoms with E-state index in [-0.39, 0.29) is 0 Å². The van der Waals surface area contributed by atoms with Gasteiger partial charge in [-0.15, -0.1) is 0 Å². The number of nitrogens with zero attached hydrogens (tertiary/aromatic N) is 4. The maximum atomic E-state index is 5.45. The Bertz CT molecular complexity index is 557. The van der Waals surface area contributed by atoms with Crippen molar-refractivity contribution in [1.82, 2.24) is 19.7 Å². The molecular formula is C11H16N6. The molecule has 0 atom stereocenters. The Balaban J connectivity index is 2.61. The van der Waals surface area contributed by atoms with E-state index in [1.54, 1.807) is 10.9 Å². The first-order valence-electron chi connectivity index (χ1n) is 5.35. The summed E-state index contributed by atoms with van der Waals surface area (Å²) < 4.78 is 1.80. The first kappa shape index (κ1) is 11.5. The number of nitrogen functional groups attached to an aromatic ring is 1. The molecule has 0 aliphatic heterocycles. The number of aromatic nitrogens is 4. The summed E-state index contributed by atoms with van der Waals surface area (Å²) in [6.07, 6.45) is 1.76. The van der Waals surface area contributed by atoms with Crippen LogP contribution < -0.4 is 11.3 Å². The monoisotopic (exact) mass is 232 g/mol. The molecule has 0 fully saturated rings. The molecule has 2 aromatic rings. The maximum Gasteiger partial charge on any atom is 0.165 e. The van der Waals surface area contributed by atoms with Crippen molar-refractivity contribution < 1.29 is 0 Å². The maximum absolute atomic E-state index is 5.45. The van der Waals surface area contributed by atoms with Gasteiger partial charge in [0.25, 0.3) is 0 Å². The number of hydrogen-bond donors (Lipinski definition) is 2. The van der Waals surface area contributed by atoms with Crippen molar-refractivity contribution in [2.75, 3.05) is 5.43 Å². The Kier molecular flexibility index (Phi) is 2.81. The molecular weight excluding hydrogens is 216 g/mol. The standard InChI is InChI=1S/C11H16N6/c1-6-7(2)14-11(15-10(6)16-12)9-5-13-17(4)8(9)3/h5H,12H2,1-4H3,(H,14,15,16). The summed E-state index contributed by atoms with van der Waals surface area (Å²) in [5, 5.41) is 4.19. The van der Waals surface area contributed by atoms with Crippen molar-refractivity contribution in [3.63, 3.8) is 0 Å². The molecule has 17 heavy (non-hydrogen) atoms. The third-order valence-corrected chi connectivity index (χ3v) is 3.00. The second kappa shape index (κ2) is 4.14. The lowest BCUT2D eigenvalue weighted by Gasteiger charge is -2.09. The number of aryl methyl sites for hydroxylation is 2. The van der Waals surface area contributed by atoms with Gasteiger partial charge in [-0.2, -0.15) is 5.10 Å². The highest BCUT2D eigenvalue weighted by atomic mass is 15.3. The Labute approximate surface area is 99.9 Å². The van der Waals surface area contributed by atoms with Crippen LogP contribution in [0.1, 0.15) is 17.0 Å². The van der Waals surface area contributed by atoms with Gasteiger partial charge in [0, 0.05) is 24.0 Å². The summed E-state index contributed by atoms with van der Waals surface area (Å²) in [6, 6.07) is 0. The third kappa shape index (κ3) is 1.87. The molecule has 0 saturated heterocycles. The molecule has 0 radical (unpaired) electrons. The fourth-order valence-electron chi connectivity index (χ4n) is 1.61. The summed E-state index contributed by atoms with van der Waals surface area (Å²) in [6.45, 7) is 5.86. The highest BCUT2D eigenvalue weighted by Gasteiger charge is 2.13. The van der Waals surface area contributed by atoms with Crippen LogP contribution in [-0.4, -0.2) is 19.7 Å². The van der Waals surface area contributed by atoms with Crippen LogP contribution in [0.15, 0.2) is 6.20 Å². The molecule has 0 saturated carbocycles. The highest BCUT2D eigenvalue weighted by Crippen LogP contribution is 2.23. The first-order valence-corrected chi connectivity index (χ1v) is 5.35. The van der Waals surface area contributed by atoms with Crippen LogP contribution in [0, 0.1) is 20.8 Å². The smallest absolute Gasteiger partial charge is 0.165 e. The van der Waals surface area contributed by atoms with Crippen LogP contribution in [0.3, 0.4) is 0 Å². The number of anilines is 1. The van der Waals surface area contributed by atoms with E-state index in [4.69, 9.17) is 5.84 Å². The molecule has 0 bridgehead atoms. The summed E-state index contributed by atoms with van der Waals surface area (Å²) in [5.41, 5.74) is 6.41. The molecule has 2 rings (SSSR count). The van der Waals surface area contributed by atoms with Crippen LogP contribution in [0.4, 0.5) is 5.82 Å². The molecule has 2 aromatic heterocycles. The molecule has 3 N–H and O–H groups in total. The van der Waals surface area contributed by atoms with Gasteiger partial charge in [-0.05, 0) is 20.8 Å². The molecule has 0 aromatic carbocycles. The first-order chi connectivity index (χ1) is 8.04. The van der Waals surface area contributed by atoms with Gasteiger partial charge in [-0.25, -0.2) is 15.8 Å². The molecule has 6 nitrogen and oxygen atoms in total. The average Bonchev–Trinajstić information content (AvgIpc) is 2.64. The molecule has 0 aliphatic rings. The SMILES string of the molecule is Cc1nc(-c2cnn(C)c2C)nc(NN)c1C. The number of nitrogens with one attached hydrogen (secondary N) is 1. The topological polar surface area (TPSA) is 81.7 Å². The van der Waals surface area contributed by atoms with Crippen LogP contribution >= 0.6 is 0 Å². The van der Waals surface area contributed by atoms with Gasteiger partial charge in [-0.3, -0.25) is 4.68 Å². The summed E-state index contributed by atoms with van der Waals surface area (Å²) in [4.78, 5) is 8.86. The second-order valence-corrected chi connectivity index (χ2v) is 4.02. The van der Waals surface area contributed by atoms with Crippen LogP contribution in [0.25, 0.3) is 11.4 Å². The summed E-state index contributed by atoms with van der Waals surface area (Å²) in [7, 11) is 1.89. The van der Waals surface area contributed by atoms with E-state index in [0.29, 0.717) is 11.6 Å². The van der Waals surface area contributed by atoms with E-state index in [2.05, 4.69) is 20.5 Å². The van der Waals surface area contributed by atoms with Gasteiger partial charge >= 0.3 is 0 Å². The van der Waals surface area contributed by atoms with Crippen molar-refractivity contribution in [2.24, 2.45) is 12.9 Å². The lowest BCUT2D eigenvalue weighted by Crippen LogP contribution is -2.12. The number of rotatable bonds is 2. The normalized spacial score (nSPS) is 10.6. The predicted octanol–water partition coefficient (Wildman–Crippen LogP) is 1.09. The minimum atomic E-state index is 0.645. The van der Waals surface area contributed by atoms with Crippen LogP contribution in [0.2, 0.25) is 0 Å². The zero-order chi connectivity index (χ0) is 12.6. The van der Waals surface area contributed by atoms with Crippen molar-refractivity contribution in [2.45, 2.75) is 20.8 Å². The second-order valence-electron chi connectivity index (χ2n) is 4.02. The average molecular weight is 232 g/mol. The van der Waals surface area contributed by atoms with Gasteiger partial charge in [0.1, 0.15) is 5.82 Å². The number of hydrazine groups is 1. The molecule has 90 valence electrons. The van der Waals surface area contributed by atoms with Crippen molar-refractivity contribution in [3.05, 3.63) is 23.1 Å². The highest BCUT2D eigenvalue weighted by molar-refractivity contribution is 5.60. The molecule has 0 unspecified atom stereocenters. The lowest BCUT2D eigenvalue weighted by atomic mass is 10.2. The molecule has 2 heterocycles. The quantitative estimate of drug-likeness (QED) is 0.598. The third-order valence-electron chi connectivity index (χ3n) is 3.00. The van der Waals surface area contributed by atoms with Gasteiger partial charge in [0.15, 0.2) is 5.82 Å². The molecule has 0 spiro atoms. The number of nitrogens with two attached hydrogens (primary N) is 1. The van der Waals surface area contributed by atoms with Gasteiger partial charge < -0.3 is 5.43 Å². The zero-order valence-corrected chi connectivity index (χ0v) is 10.4. The van der Waals surface area contributed by atoms with E-state index in [1.807, 2.05) is 27.8 Å². The minimum Gasteiger partial charge on any atom is -0.308 e. The Morgan fingerprint density at radius 3 is 2.47 bits per heavy atom. The van der Waals surface area contributed by atoms with E-state index in [9.17, 15) is 0 Å². The minimum absolute atomic E-state index is 0.645. The van der Waals surface area contributed by atoms with Crippen molar-refractivity contribution in [3.8, 4) is 11.4 Å². The Hall–Kier alpha value is -1.95. The Morgan fingerprint density at radius 1 is 1.24 bits per heavy atom. The van der Waals surface area contributed by atoms with E-state index in [0.717, 1.165) is 22.5 Å².